The number of hydrogen-bond acceptors (Lipinski definition) is 1. The molecular weight excluding hydrogens is 310 g/mol. The van der Waals surface area contributed by atoms with Gasteiger partial charge < -0.3 is 0 Å². The molecule has 0 aliphatic carbocycles. The summed E-state index contributed by atoms with van der Waals surface area (Å²) in [5.74, 6) is 0. The van der Waals surface area contributed by atoms with Crippen LogP contribution in [0.25, 0.3) is 0 Å². The third-order valence-corrected chi connectivity index (χ3v) is 4.64. The number of hydrogen-bond donors (Lipinski definition) is 0. The van der Waals surface area contributed by atoms with Crippen molar-refractivity contribution in [2.24, 2.45) is 0 Å². The molecule has 2 heteroatoms. The van der Waals surface area contributed by atoms with Crippen molar-refractivity contribution < 1.29 is 0 Å². The fraction of sp³-hybridized carbons (Fsp3) is 0.333. The summed E-state index contributed by atoms with van der Waals surface area (Å²) >= 11 is 3.51. The minimum atomic E-state index is 0.514. The first-order valence-electron chi connectivity index (χ1n) is 7.36. The van der Waals surface area contributed by atoms with Crippen molar-refractivity contribution in [2.75, 3.05) is 13.1 Å². The van der Waals surface area contributed by atoms with Crippen LogP contribution in [0.3, 0.4) is 0 Å². The third-order valence-electron chi connectivity index (χ3n) is 4.11. The molecule has 1 fully saturated rings. The summed E-state index contributed by atoms with van der Waals surface area (Å²) in [4.78, 5) is 2.64. The highest BCUT2D eigenvalue weighted by molar-refractivity contribution is 9.10. The molecule has 1 heterocycles. The highest BCUT2D eigenvalue weighted by Gasteiger charge is 2.23. The highest BCUT2D eigenvalue weighted by atomic mass is 79.9. The molecule has 0 aromatic heterocycles. The minimum Gasteiger partial charge on any atom is -0.296 e. The zero-order chi connectivity index (χ0) is 13.8. The van der Waals surface area contributed by atoms with Crippen LogP contribution >= 0.6 is 15.9 Å². The van der Waals surface area contributed by atoms with E-state index in [1.807, 2.05) is 0 Å². The van der Waals surface area contributed by atoms with Crippen LogP contribution in [-0.2, 0) is 6.42 Å². The summed E-state index contributed by atoms with van der Waals surface area (Å²) < 4.78 is 1.15. The lowest BCUT2D eigenvalue weighted by Crippen LogP contribution is -2.27. The van der Waals surface area contributed by atoms with Gasteiger partial charge in [-0.25, -0.2) is 0 Å². The lowest BCUT2D eigenvalue weighted by atomic mass is 9.97. The maximum atomic E-state index is 3.51. The topological polar surface area (TPSA) is 3.24 Å². The standard InChI is InChI=1S/C18H20BrN/c19-17-10-8-15(9-11-17)14-18(20-12-4-5-13-20)16-6-2-1-3-7-16/h1-3,6-11,18H,4-5,12-14H2. The molecule has 3 rings (SSSR count). The summed E-state index contributed by atoms with van der Waals surface area (Å²) in [6.45, 7) is 2.46. The van der Waals surface area contributed by atoms with E-state index in [2.05, 4.69) is 75.4 Å². The van der Waals surface area contributed by atoms with Crippen LogP contribution in [0.15, 0.2) is 59.1 Å². The largest absolute Gasteiger partial charge is 0.296 e. The SMILES string of the molecule is Brc1ccc(CC(c2ccccc2)N2CCCC2)cc1. The Bertz CT molecular complexity index is 529. The lowest BCUT2D eigenvalue weighted by Gasteiger charge is -2.28. The fourth-order valence-electron chi connectivity index (χ4n) is 3.03. The van der Waals surface area contributed by atoms with E-state index in [0.717, 1.165) is 10.9 Å². The van der Waals surface area contributed by atoms with Crippen molar-refractivity contribution in [3.8, 4) is 0 Å². The number of benzene rings is 2. The van der Waals surface area contributed by atoms with Crippen molar-refractivity contribution in [2.45, 2.75) is 25.3 Å². The van der Waals surface area contributed by atoms with Crippen LogP contribution in [0.4, 0.5) is 0 Å². The van der Waals surface area contributed by atoms with Gasteiger partial charge in [-0.15, -0.1) is 0 Å². The normalized spacial score (nSPS) is 17.2. The van der Waals surface area contributed by atoms with Gasteiger partial charge in [0.25, 0.3) is 0 Å². The summed E-state index contributed by atoms with van der Waals surface area (Å²) in [5.41, 5.74) is 2.85. The van der Waals surface area contributed by atoms with Crippen molar-refractivity contribution in [1.29, 1.82) is 0 Å². The van der Waals surface area contributed by atoms with Gasteiger partial charge in [-0.1, -0.05) is 58.4 Å². The minimum absolute atomic E-state index is 0.514. The van der Waals surface area contributed by atoms with Crippen LogP contribution in [0, 0.1) is 0 Å². The Morgan fingerprint density at radius 2 is 1.55 bits per heavy atom. The second-order valence-corrected chi connectivity index (χ2v) is 6.42. The van der Waals surface area contributed by atoms with Gasteiger partial charge in [0.2, 0.25) is 0 Å². The quantitative estimate of drug-likeness (QED) is 0.776. The Balaban J connectivity index is 1.83. The summed E-state index contributed by atoms with van der Waals surface area (Å²) in [7, 11) is 0. The van der Waals surface area contributed by atoms with Crippen LogP contribution in [-0.4, -0.2) is 18.0 Å². The predicted octanol–water partition coefficient (Wildman–Crippen LogP) is 4.83. The van der Waals surface area contributed by atoms with Gasteiger partial charge in [-0.2, -0.15) is 0 Å². The van der Waals surface area contributed by atoms with E-state index in [-0.39, 0.29) is 0 Å². The summed E-state index contributed by atoms with van der Waals surface area (Å²) in [6.07, 6.45) is 3.77. The van der Waals surface area contributed by atoms with Gasteiger partial charge in [0, 0.05) is 10.5 Å². The predicted molar refractivity (Wildman–Crippen MR) is 87.8 cm³/mol. The van der Waals surface area contributed by atoms with Crippen molar-refractivity contribution in [3.63, 3.8) is 0 Å². The summed E-state index contributed by atoms with van der Waals surface area (Å²) in [5, 5.41) is 0. The van der Waals surface area contributed by atoms with Crippen molar-refractivity contribution >= 4 is 15.9 Å². The molecule has 2 aromatic rings. The van der Waals surface area contributed by atoms with E-state index in [1.165, 1.54) is 37.1 Å². The van der Waals surface area contributed by atoms with Gasteiger partial charge in [0.05, 0.1) is 0 Å². The Hall–Kier alpha value is -1.12. The molecule has 104 valence electrons. The maximum Gasteiger partial charge on any atom is 0.0388 e. The zero-order valence-electron chi connectivity index (χ0n) is 11.6. The van der Waals surface area contributed by atoms with E-state index in [9.17, 15) is 0 Å². The summed E-state index contributed by atoms with van der Waals surface area (Å²) in [6, 6.07) is 20.2. The van der Waals surface area contributed by atoms with Gasteiger partial charge in [0.1, 0.15) is 0 Å². The molecule has 20 heavy (non-hydrogen) atoms. The van der Waals surface area contributed by atoms with Crippen LogP contribution in [0.5, 0.6) is 0 Å². The fourth-order valence-corrected chi connectivity index (χ4v) is 3.29. The maximum absolute atomic E-state index is 3.51. The van der Waals surface area contributed by atoms with E-state index in [4.69, 9.17) is 0 Å². The Morgan fingerprint density at radius 3 is 2.20 bits per heavy atom. The molecule has 1 nitrogen and oxygen atoms in total. The van der Waals surface area contributed by atoms with Crippen LogP contribution < -0.4 is 0 Å². The highest BCUT2D eigenvalue weighted by Crippen LogP contribution is 2.28. The molecule has 1 saturated heterocycles. The lowest BCUT2D eigenvalue weighted by molar-refractivity contribution is 0.244. The van der Waals surface area contributed by atoms with E-state index in [1.54, 1.807) is 0 Å². The molecule has 1 unspecified atom stereocenters. The molecule has 0 N–H and O–H groups in total. The Labute approximate surface area is 129 Å². The first kappa shape index (κ1) is 13.8. The van der Waals surface area contributed by atoms with Gasteiger partial charge in [-0.3, -0.25) is 4.90 Å². The zero-order valence-corrected chi connectivity index (χ0v) is 13.2. The number of rotatable bonds is 4. The Kier molecular flexibility index (Phi) is 4.54. The third kappa shape index (κ3) is 3.31. The van der Waals surface area contributed by atoms with E-state index < -0.39 is 0 Å². The smallest absolute Gasteiger partial charge is 0.0388 e. The molecule has 0 bridgehead atoms. The number of nitrogens with zero attached hydrogens (tertiary/aromatic N) is 1. The molecular formula is C18H20BrN. The number of halogens is 1. The second-order valence-electron chi connectivity index (χ2n) is 5.50. The average Bonchev–Trinajstić information content (AvgIpc) is 3.01. The van der Waals surface area contributed by atoms with Crippen LogP contribution in [0.1, 0.15) is 30.0 Å². The molecule has 0 spiro atoms. The van der Waals surface area contributed by atoms with Gasteiger partial charge >= 0.3 is 0 Å². The van der Waals surface area contributed by atoms with Gasteiger partial charge in [-0.05, 0) is 55.6 Å². The van der Waals surface area contributed by atoms with Gasteiger partial charge in [0.15, 0.2) is 0 Å². The Morgan fingerprint density at radius 1 is 0.900 bits per heavy atom. The van der Waals surface area contributed by atoms with Crippen molar-refractivity contribution in [1.82, 2.24) is 4.90 Å². The monoisotopic (exact) mass is 329 g/mol. The molecule has 0 saturated carbocycles. The molecule has 1 aliphatic heterocycles. The average molecular weight is 330 g/mol. The van der Waals surface area contributed by atoms with E-state index in [0.29, 0.717) is 6.04 Å². The molecule has 2 aromatic carbocycles. The first-order chi connectivity index (χ1) is 9.83. The molecule has 0 radical (unpaired) electrons. The van der Waals surface area contributed by atoms with E-state index >= 15 is 0 Å². The van der Waals surface area contributed by atoms with Crippen LogP contribution in [0.2, 0.25) is 0 Å². The molecule has 0 amide bonds. The molecule has 1 aliphatic rings. The second kappa shape index (κ2) is 6.55. The first-order valence-corrected chi connectivity index (χ1v) is 8.16. The number of likely N-dealkylation sites (tertiary alicyclic amines) is 1. The van der Waals surface area contributed by atoms with Crippen molar-refractivity contribution in [3.05, 3.63) is 70.2 Å². The molecule has 1 atom stereocenters.